The van der Waals surface area contributed by atoms with Crippen LogP contribution in [0.25, 0.3) is 0 Å². The van der Waals surface area contributed by atoms with E-state index >= 15 is 0 Å². The molecule has 0 aliphatic carbocycles. The van der Waals surface area contributed by atoms with Crippen LogP contribution in [-0.2, 0) is 0 Å². The molecule has 1 heterocycles. The van der Waals surface area contributed by atoms with Crippen LogP contribution in [0.1, 0.15) is 17.2 Å². The Morgan fingerprint density at radius 2 is 1.82 bits per heavy atom. The van der Waals surface area contributed by atoms with E-state index in [-0.39, 0.29) is 6.04 Å². The Kier molecular flexibility index (Phi) is 3.97. The van der Waals surface area contributed by atoms with Gasteiger partial charge in [0.15, 0.2) is 0 Å². The average molecular weight is 268 g/mol. The Bertz CT molecular complexity index is 482. The van der Waals surface area contributed by atoms with E-state index in [0.717, 1.165) is 11.1 Å². The highest BCUT2D eigenvalue weighted by molar-refractivity contribution is 6.36. The predicted octanol–water partition coefficient (Wildman–Crippen LogP) is 2.94. The molecule has 1 atom stereocenters. The molecule has 2 rings (SSSR count). The molecule has 1 aromatic heterocycles. The van der Waals surface area contributed by atoms with Crippen molar-refractivity contribution < 1.29 is 0 Å². The van der Waals surface area contributed by atoms with Gasteiger partial charge in [-0.15, -0.1) is 0 Å². The van der Waals surface area contributed by atoms with Gasteiger partial charge in [-0.1, -0.05) is 35.3 Å². The SMILES string of the molecule is NNC(c1cccnc1)c1c(Cl)cccc1Cl. The fraction of sp³-hybridized carbons (Fsp3) is 0.0833. The van der Waals surface area contributed by atoms with E-state index in [9.17, 15) is 0 Å². The van der Waals surface area contributed by atoms with Gasteiger partial charge in [0, 0.05) is 28.0 Å². The molecule has 1 unspecified atom stereocenters. The molecule has 1 aromatic carbocycles. The van der Waals surface area contributed by atoms with Crippen molar-refractivity contribution in [3.63, 3.8) is 0 Å². The number of hydrazine groups is 1. The van der Waals surface area contributed by atoms with Gasteiger partial charge in [-0.05, 0) is 23.8 Å². The molecular weight excluding hydrogens is 257 g/mol. The fourth-order valence-electron chi connectivity index (χ4n) is 1.68. The summed E-state index contributed by atoms with van der Waals surface area (Å²) in [5, 5.41) is 1.15. The first-order valence-corrected chi connectivity index (χ1v) is 5.79. The van der Waals surface area contributed by atoms with Gasteiger partial charge in [0.05, 0.1) is 6.04 Å². The Morgan fingerprint density at radius 3 is 2.35 bits per heavy atom. The smallest absolute Gasteiger partial charge is 0.0754 e. The highest BCUT2D eigenvalue weighted by Gasteiger charge is 2.18. The zero-order valence-electron chi connectivity index (χ0n) is 8.90. The van der Waals surface area contributed by atoms with Gasteiger partial charge in [0.1, 0.15) is 0 Å². The molecule has 0 aliphatic heterocycles. The fourth-order valence-corrected chi connectivity index (χ4v) is 2.30. The van der Waals surface area contributed by atoms with Crippen LogP contribution in [0.4, 0.5) is 0 Å². The maximum atomic E-state index is 6.15. The number of nitrogens with one attached hydrogen (secondary N) is 1. The van der Waals surface area contributed by atoms with Crippen LogP contribution in [0.3, 0.4) is 0 Å². The van der Waals surface area contributed by atoms with Crippen LogP contribution >= 0.6 is 23.2 Å². The third-order valence-electron chi connectivity index (χ3n) is 2.47. The van der Waals surface area contributed by atoms with E-state index in [0.29, 0.717) is 10.0 Å². The first kappa shape index (κ1) is 12.3. The lowest BCUT2D eigenvalue weighted by Crippen LogP contribution is -2.29. The van der Waals surface area contributed by atoms with Gasteiger partial charge in [0.25, 0.3) is 0 Å². The minimum Gasteiger partial charge on any atom is -0.271 e. The minimum atomic E-state index is -0.273. The lowest BCUT2D eigenvalue weighted by atomic mass is 10.0. The molecule has 0 fully saturated rings. The number of hydrogen-bond acceptors (Lipinski definition) is 3. The molecule has 0 aliphatic rings. The normalized spacial score (nSPS) is 12.4. The molecule has 0 saturated carbocycles. The molecule has 0 bridgehead atoms. The molecule has 17 heavy (non-hydrogen) atoms. The van der Waals surface area contributed by atoms with Crippen LogP contribution in [0, 0.1) is 0 Å². The molecule has 5 heteroatoms. The number of aromatic nitrogens is 1. The summed E-state index contributed by atoms with van der Waals surface area (Å²) in [4.78, 5) is 4.06. The second-order valence-corrected chi connectivity index (χ2v) is 4.34. The summed E-state index contributed by atoms with van der Waals surface area (Å²) < 4.78 is 0. The lowest BCUT2D eigenvalue weighted by Gasteiger charge is -2.19. The summed E-state index contributed by atoms with van der Waals surface area (Å²) in [6.45, 7) is 0. The van der Waals surface area contributed by atoms with Crippen molar-refractivity contribution >= 4 is 23.2 Å². The van der Waals surface area contributed by atoms with Crippen LogP contribution < -0.4 is 11.3 Å². The van der Waals surface area contributed by atoms with Crippen LogP contribution in [0.5, 0.6) is 0 Å². The maximum absolute atomic E-state index is 6.15. The van der Waals surface area contributed by atoms with Crippen molar-refractivity contribution in [2.24, 2.45) is 5.84 Å². The summed E-state index contributed by atoms with van der Waals surface area (Å²) in [5.74, 6) is 5.58. The molecule has 2 aromatic rings. The highest BCUT2D eigenvalue weighted by Crippen LogP contribution is 2.33. The number of rotatable bonds is 3. The highest BCUT2D eigenvalue weighted by atomic mass is 35.5. The van der Waals surface area contributed by atoms with Crippen molar-refractivity contribution in [1.82, 2.24) is 10.4 Å². The molecule has 0 spiro atoms. The molecule has 3 N–H and O–H groups in total. The zero-order chi connectivity index (χ0) is 12.3. The van der Waals surface area contributed by atoms with E-state index in [2.05, 4.69) is 10.4 Å². The largest absolute Gasteiger partial charge is 0.271 e. The van der Waals surface area contributed by atoms with E-state index in [1.54, 1.807) is 30.6 Å². The van der Waals surface area contributed by atoms with Gasteiger partial charge >= 0.3 is 0 Å². The van der Waals surface area contributed by atoms with Crippen molar-refractivity contribution in [1.29, 1.82) is 0 Å². The summed E-state index contributed by atoms with van der Waals surface area (Å²) in [6, 6.07) is 8.84. The number of halogens is 2. The Balaban J connectivity index is 2.50. The summed E-state index contributed by atoms with van der Waals surface area (Å²) in [7, 11) is 0. The number of hydrogen-bond donors (Lipinski definition) is 2. The van der Waals surface area contributed by atoms with Gasteiger partial charge in [-0.3, -0.25) is 10.8 Å². The number of nitrogens with two attached hydrogens (primary N) is 1. The molecule has 88 valence electrons. The predicted molar refractivity (Wildman–Crippen MR) is 69.9 cm³/mol. The van der Waals surface area contributed by atoms with Crippen molar-refractivity contribution in [2.75, 3.05) is 0 Å². The number of pyridine rings is 1. The summed E-state index contributed by atoms with van der Waals surface area (Å²) in [5.41, 5.74) is 4.37. The zero-order valence-corrected chi connectivity index (χ0v) is 10.4. The second-order valence-electron chi connectivity index (χ2n) is 3.52. The number of nitrogens with zero attached hydrogens (tertiary/aromatic N) is 1. The minimum absolute atomic E-state index is 0.273. The molecule has 0 amide bonds. The summed E-state index contributed by atoms with van der Waals surface area (Å²) >= 11 is 12.3. The monoisotopic (exact) mass is 267 g/mol. The Morgan fingerprint density at radius 1 is 1.12 bits per heavy atom. The van der Waals surface area contributed by atoms with E-state index in [1.165, 1.54) is 0 Å². The van der Waals surface area contributed by atoms with Gasteiger partial charge < -0.3 is 0 Å². The van der Waals surface area contributed by atoms with E-state index in [1.807, 2.05) is 12.1 Å². The Hall–Kier alpha value is -1.13. The molecule has 3 nitrogen and oxygen atoms in total. The Labute approximate surface area is 110 Å². The lowest BCUT2D eigenvalue weighted by molar-refractivity contribution is 0.635. The molecular formula is C12H11Cl2N3. The first-order chi connectivity index (χ1) is 8.24. The van der Waals surface area contributed by atoms with Crippen molar-refractivity contribution in [2.45, 2.75) is 6.04 Å². The van der Waals surface area contributed by atoms with E-state index in [4.69, 9.17) is 29.0 Å². The standard InChI is InChI=1S/C12H11Cl2N3/c13-9-4-1-5-10(14)11(9)12(17-15)8-3-2-6-16-7-8/h1-7,12,17H,15H2. The molecule has 0 radical (unpaired) electrons. The second kappa shape index (κ2) is 5.47. The quantitative estimate of drug-likeness (QED) is 0.664. The van der Waals surface area contributed by atoms with Crippen LogP contribution in [0.15, 0.2) is 42.7 Å². The maximum Gasteiger partial charge on any atom is 0.0754 e. The van der Waals surface area contributed by atoms with Gasteiger partial charge in [-0.25, -0.2) is 5.43 Å². The van der Waals surface area contributed by atoms with Crippen molar-refractivity contribution in [3.05, 3.63) is 63.9 Å². The van der Waals surface area contributed by atoms with E-state index < -0.39 is 0 Å². The third-order valence-corrected chi connectivity index (χ3v) is 3.13. The topological polar surface area (TPSA) is 50.9 Å². The third kappa shape index (κ3) is 2.58. The van der Waals surface area contributed by atoms with Crippen molar-refractivity contribution in [3.8, 4) is 0 Å². The average Bonchev–Trinajstić information content (AvgIpc) is 2.35. The van der Waals surface area contributed by atoms with Gasteiger partial charge in [-0.2, -0.15) is 0 Å². The van der Waals surface area contributed by atoms with Gasteiger partial charge in [0.2, 0.25) is 0 Å². The van der Waals surface area contributed by atoms with Crippen LogP contribution in [-0.4, -0.2) is 4.98 Å². The molecule has 0 saturated heterocycles. The number of benzene rings is 1. The summed E-state index contributed by atoms with van der Waals surface area (Å²) in [6.07, 6.45) is 3.43. The first-order valence-electron chi connectivity index (χ1n) is 5.04. The van der Waals surface area contributed by atoms with Crippen LogP contribution in [0.2, 0.25) is 10.0 Å².